The van der Waals surface area contributed by atoms with Gasteiger partial charge in [0.1, 0.15) is 0 Å². The molecule has 0 radical (unpaired) electrons. The van der Waals surface area contributed by atoms with Gasteiger partial charge in [0.2, 0.25) is 5.91 Å². The molecule has 0 fully saturated rings. The normalized spacial score (nSPS) is 13.1. The van der Waals surface area contributed by atoms with E-state index in [4.69, 9.17) is 0 Å². The van der Waals surface area contributed by atoms with E-state index in [1.807, 2.05) is 30.3 Å². The standard InChI is InChI=1S/C17H12N2O3/c20-14(10-9-11-5-2-1-3-6-11)18-13-8-4-7-12-15(13)17(22)19-16(12)21/h1-10H,(H,18,20)(H,19,21,22)/b10-9+. The van der Waals surface area contributed by atoms with Gasteiger partial charge in [0.15, 0.2) is 0 Å². The molecule has 5 heteroatoms. The van der Waals surface area contributed by atoms with Gasteiger partial charge in [-0.15, -0.1) is 0 Å². The summed E-state index contributed by atoms with van der Waals surface area (Å²) >= 11 is 0. The highest BCUT2D eigenvalue weighted by atomic mass is 16.2. The van der Waals surface area contributed by atoms with Crippen molar-refractivity contribution in [3.05, 3.63) is 71.3 Å². The Morgan fingerprint density at radius 2 is 1.73 bits per heavy atom. The van der Waals surface area contributed by atoms with Gasteiger partial charge in [-0.05, 0) is 23.8 Å². The van der Waals surface area contributed by atoms with E-state index in [0.29, 0.717) is 5.69 Å². The Hall–Kier alpha value is -3.21. The number of imide groups is 1. The zero-order chi connectivity index (χ0) is 15.5. The number of nitrogens with one attached hydrogen (secondary N) is 2. The van der Waals surface area contributed by atoms with Crippen molar-refractivity contribution in [3.63, 3.8) is 0 Å². The molecule has 1 aliphatic heterocycles. The lowest BCUT2D eigenvalue weighted by Crippen LogP contribution is -2.20. The van der Waals surface area contributed by atoms with Gasteiger partial charge in [0.25, 0.3) is 11.8 Å². The first-order valence-electron chi connectivity index (χ1n) is 6.68. The second kappa shape index (κ2) is 5.65. The fourth-order valence-corrected chi connectivity index (χ4v) is 2.23. The Morgan fingerprint density at radius 1 is 0.955 bits per heavy atom. The van der Waals surface area contributed by atoms with Gasteiger partial charge in [-0.2, -0.15) is 0 Å². The molecule has 0 unspecified atom stereocenters. The minimum Gasteiger partial charge on any atom is -0.322 e. The third kappa shape index (κ3) is 2.64. The van der Waals surface area contributed by atoms with Crippen molar-refractivity contribution >= 4 is 29.5 Å². The number of hydrogen-bond acceptors (Lipinski definition) is 3. The number of carbonyl (C=O) groups excluding carboxylic acids is 3. The van der Waals surface area contributed by atoms with E-state index in [1.54, 1.807) is 24.3 Å². The van der Waals surface area contributed by atoms with Crippen LogP contribution in [0.15, 0.2) is 54.6 Å². The topological polar surface area (TPSA) is 75.3 Å². The van der Waals surface area contributed by atoms with Gasteiger partial charge in [-0.3, -0.25) is 19.7 Å². The molecule has 108 valence electrons. The van der Waals surface area contributed by atoms with Crippen molar-refractivity contribution in [3.8, 4) is 0 Å². The van der Waals surface area contributed by atoms with E-state index in [0.717, 1.165) is 5.56 Å². The number of fused-ring (bicyclic) bond motifs is 1. The van der Waals surface area contributed by atoms with E-state index >= 15 is 0 Å². The summed E-state index contributed by atoms with van der Waals surface area (Å²) in [6, 6.07) is 14.1. The molecular formula is C17H12N2O3. The molecule has 0 aliphatic carbocycles. The van der Waals surface area contributed by atoms with Crippen molar-refractivity contribution in [2.45, 2.75) is 0 Å². The Labute approximate surface area is 126 Å². The molecule has 1 heterocycles. The molecule has 22 heavy (non-hydrogen) atoms. The number of anilines is 1. The van der Waals surface area contributed by atoms with Crippen molar-refractivity contribution in [2.75, 3.05) is 5.32 Å². The van der Waals surface area contributed by atoms with Gasteiger partial charge in [-0.1, -0.05) is 36.4 Å². The molecule has 2 aromatic carbocycles. The number of benzene rings is 2. The third-order valence-corrected chi connectivity index (χ3v) is 3.25. The second-order valence-corrected chi connectivity index (χ2v) is 4.74. The molecular weight excluding hydrogens is 280 g/mol. The fourth-order valence-electron chi connectivity index (χ4n) is 2.23. The predicted octanol–water partition coefficient (Wildman–Crippen LogP) is 2.22. The number of rotatable bonds is 3. The van der Waals surface area contributed by atoms with Crippen LogP contribution in [0.4, 0.5) is 5.69 Å². The first-order chi connectivity index (χ1) is 10.6. The van der Waals surface area contributed by atoms with Crippen molar-refractivity contribution in [1.82, 2.24) is 5.32 Å². The molecule has 0 aromatic heterocycles. The second-order valence-electron chi connectivity index (χ2n) is 4.74. The molecule has 2 aromatic rings. The predicted molar refractivity (Wildman–Crippen MR) is 82.3 cm³/mol. The lowest BCUT2D eigenvalue weighted by atomic mass is 10.1. The van der Waals surface area contributed by atoms with Crippen LogP contribution in [0.3, 0.4) is 0 Å². The SMILES string of the molecule is O=C(/C=C/c1ccccc1)Nc1cccc2c1C(=O)NC2=O. The summed E-state index contributed by atoms with van der Waals surface area (Å²) in [6.45, 7) is 0. The van der Waals surface area contributed by atoms with Crippen molar-refractivity contribution in [2.24, 2.45) is 0 Å². The molecule has 2 N–H and O–H groups in total. The highest BCUT2D eigenvalue weighted by Crippen LogP contribution is 2.24. The van der Waals surface area contributed by atoms with Gasteiger partial charge in [0.05, 0.1) is 16.8 Å². The maximum Gasteiger partial charge on any atom is 0.261 e. The largest absolute Gasteiger partial charge is 0.322 e. The first-order valence-corrected chi connectivity index (χ1v) is 6.68. The summed E-state index contributed by atoms with van der Waals surface area (Å²) in [4.78, 5) is 35.3. The van der Waals surface area contributed by atoms with Gasteiger partial charge < -0.3 is 5.32 Å². The van der Waals surface area contributed by atoms with Crippen LogP contribution in [0, 0.1) is 0 Å². The van der Waals surface area contributed by atoms with Crippen LogP contribution >= 0.6 is 0 Å². The Bertz CT molecular complexity index is 795. The molecule has 0 bridgehead atoms. The minimum absolute atomic E-state index is 0.203. The van der Waals surface area contributed by atoms with Crippen LogP contribution < -0.4 is 10.6 Å². The zero-order valence-corrected chi connectivity index (χ0v) is 11.5. The molecule has 0 saturated carbocycles. The molecule has 0 spiro atoms. The quantitative estimate of drug-likeness (QED) is 0.673. The number of hydrogen-bond donors (Lipinski definition) is 2. The van der Waals surface area contributed by atoms with E-state index in [1.165, 1.54) is 6.08 Å². The van der Waals surface area contributed by atoms with Crippen LogP contribution in [0.25, 0.3) is 6.08 Å². The van der Waals surface area contributed by atoms with Crippen molar-refractivity contribution < 1.29 is 14.4 Å². The van der Waals surface area contributed by atoms with Crippen LogP contribution in [0.2, 0.25) is 0 Å². The molecule has 3 rings (SSSR count). The Morgan fingerprint density at radius 3 is 2.50 bits per heavy atom. The van der Waals surface area contributed by atoms with Gasteiger partial charge in [0, 0.05) is 6.08 Å². The summed E-state index contributed by atoms with van der Waals surface area (Å²) in [6.07, 6.45) is 3.05. The van der Waals surface area contributed by atoms with E-state index < -0.39 is 11.8 Å². The summed E-state index contributed by atoms with van der Waals surface area (Å²) < 4.78 is 0. The lowest BCUT2D eigenvalue weighted by molar-refractivity contribution is -0.111. The van der Waals surface area contributed by atoms with Crippen LogP contribution in [-0.4, -0.2) is 17.7 Å². The molecule has 3 amide bonds. The molecule has 0 saturated heterocycles. The smallest absolute Gasteiger partial charge is 0.261 e. The number of amides is 3. The summed E-state index contributed by atoms with van der Waals surface area (Å²) in [5, 5.41) is 4.83. The summed E-state index contributed by atoms with van der Waals surface area (Å²) in [5.41, 5.74) is 1.69. The molecule has 1 aliphatic rings. The van der Waals surface area contributed by atoms with Crippen LogP contribution in [-0.2, 0) is 4.79 Å². The minimum atomic E-state index is -0.497. The third-order valence-electron chi connectivity index (χ3n) is 3.25. The van der Waals surface area contributed by atoms with E-state index in [-0.39, 0.29) is 17.0 Å². The Balaban J connectivity index is 1.80. The highest BCUT2D eigenvalue weighted by molar-refractivity contribution is 6.24. The van der Waals surface area contributed by atoms with E-state index in [2.05, 4.69) is 10.6 Å². The average molecular weight is 292 g/mol. The summed E-state index contributed by atoms with van der Waals surface area (Å²) in [5.74, 6) is -1.32. The summed E-state index contributed by atoms with van der Waals surface area (Å²) in [7, 11) is 0. The van der Waals surface area contributed by atoms with Gasteiger partial charge in [-0.25, -0.2) is 0 Å². The van der Waals surface area contributed by atoms with Crippen LogP contribution in [0.1, 0.15) is 26.3 Å². The maximum atomic E-state index is 12.0. The van der Waals surface area contributed by atoms with Crippen molar-refractivity contribution in [1.29, 1.82) is 0 Å². The van der Waals surface area contributed by atoms with Crippen LogP contribution in [0.5, 0.6) is 0 Å². The number of carbonyl (C=O) groups is 3. The van der Waals surface area contributed by atoms with Gasteiger partial charge >= 0.3 is 0 Å². The average Bonchev–Trinajstić information content (AvgIpc) is 2.82. The first kappa shape index (κ1) is 13.8. The molecule has 5 nitrogen and oxygen atoms in total. The molecule has 0 atom stereocenters. The Kier molecular flexibility index (Phi) is 3.53. The highest BCUT2D eigenvalue weighted by Gasteiger charge is 2.29. The monoisotopic (exact) mass is 292 g/mol. The van der Waals surface area contributed by atoms with E-state index in [9.17, 15) is 14.4 Å². The fraction of sp³-hybridized carbons (Fsp3) is 0. The zero-order valence-electron chi connectivity index (χ0n) is 11.5. The lowest BCUT2D eigenvalue weighted by Gasteiger charge is -2.05. The maximum absolute atomic E-state index is 12.0.